The second-order valence-electron chi connectivity index (χ2n) is 6.55. The van der Waals surface area contributed by atoms with Crippen molar-refractivity contribution >= 4 is 17.6 Å². The van der Waals surface area contributed by atoms with Gasteiger partial charge in [0, 0.05) is 24.0 Å². The van der Waals surface area contributed by atoms with E-state index in [2.05, 4.69) is 0 Å². The lowest BCUT2D eigenvalue weighted by atomic mass is 9.75. The Bertz CT molecular complexity index is 770. The second kappa shape index (κ2) is 5.96. The van der Waals surface area contributed by atoms with E-state index in [0.717, 1.165) is 0 Å². The summed E-state index contributed by atoms with van der Waals surface area (Å²) in [5, 5.41) is 20.6. The molecule has 1 fully saturated rings. The fourth-order valence-electron chi connectivity index (χ4n) is 3.17. The van der Waals surface area contributed by atoms with E-state index in [4.69, 9.17) is 4.74 Å². The molecule has 8 nitrogen and oxygen atoms in total. The number of amides is 1. The number of esters is 1. The molecule has 2 aliphatic rings. The number of fused-ring (bicyclic) bond motifs is 1. The molecular formula is C17H18N2O6. The Balaban J connectivity index is 1.70. The van der Waals surface area contributed by atoms with Crippen LogP contribution >= 0.6 is 0 Å². The summed E-state index contributed by atoms with van der Waals surface area (Å²) < 4.78 is 5.23. The molecule has 1 saturated heterocycles. The van der Waals surface area contributed by atoms with Gasteiger partial charge in [-0.25, -0.2) is 4.79 Å². The van der Waals surface area contributed by atoms with Crippen LogP contribution in [0.4, 0.5) is 5.69 Å². The zero-order valence-corrected chi connectivity index (χ0v) is 13.8. The summed E-state index contributed by atoms with van der Waals surface area (Å²) in [5.41, 5.74) is 0.0134. The number of aliphatic hydroxyl groups excluding tert-OH is 1. The van der Waals surface area contributed by atoms with Crippen LogP contribution in [0.5, 0.6) is 0 Å². The zero-order valence-electron chi connectivity index (χ0n) is 13.8. The van der Waals surface area contributed by atoms with Crippen LogP contribution in [0.15, 0.2) is 36.0 Å². The maximum absolute atomic E-state index is 12.4. The van der Waals surface area contributed by atoms with Crippen molar-refractivity contribution in [2.75, 3.05) is 0 Å². The van der Waals surface area contributed by atoms with E-state index in [-0.39, 0.29) is 36.4 Å². The van der Waals surface area contributed by atoms with E-state index < -0.39 is 22.4 Å². The van der Waals surface area contributed by atoms with Crippen LogP contribution in [-0.2, 0) is 20.9 Å². The molecule has 1 N–H and O–H groups in total. The summed E-state index contributed by atoms with van der Waals surface area (Å²) in [5.74, 6) is -0.825. The molecule has 0 spiro atoms. The van der Waals surface area contributed by atoms with Gasteiger partial charge in [-0.3, -0.25) is 14.9 Å². The third kappa shape index (κ3) is 2.78. The average Bonchev–Trinajstić information content (AvgIpc) is 2.81. The normalized spacial score (nSPS) is 25.7. The zero-order chi connectivity index (χ0) is 18.4. The molecular weight excluding hydrogens is 328 g/mol. The van der Waals surface area contributed by atoms with E-state index >= 15 is 0 Å². The average molecular weight is 346 g/mol. The monoisotopic (exact) mass is 346 g/mol. The largest absolute Gasteiger partial charge is 0.456 e. The van der Waals surface area contributed by atoms with Crippen molar-refractivity contribution in [1.29, 1.82) is 0 Å². The van der Waals surface area contributed by atoms with Crippen molar-refractivity contribution in [1.82, 2.24) is 4.90 Å². The van der Waals surface area contributed by atoms with Gasteiger partial charge in [-0.1, -0.05) is 6.92 Å². The van der Waals surface area contributed by atoms with Gasteiger partial charge in [0.05, 0.1) is 17.1 Å². The van der Waals surface area contributed by atoms with Crippen LogP contribution in [0.25, 0.3) is 0 Å². The Labute approximate surface area is 143 Å². The minimum atomic E-state index is -0.715. The van der Waals surface area contributed by atoms with Crippen LogP contribution in [0, 0.1) is 15.5 Å². The highest BCUT2D eigenvalue weighted by Crippen LogP contribution is 2.48. The summed E-state index contributed by atoms with van der Waals surface area (Å²) in [6, 6.07) is 5.44. The first-order valence-corrected chi connectivity index (χ1v) is 7.87. The van der Waals surface area contributed by atoms with Gasteiger partial charge >= 0.3 is 5.97 Å². The number of nitro groups is 1. The Morgan fingerprint density at radius 3 is 2.64 bits per heavy atom. The third-order valence-corrected chi connectivity index (χ3v) is 5.00. The molecule has 1 aromatic carbocycles. The predicted octanol–water partition coefficient (Wildman–Crippen LogP) is 1.52. The second-order valence-corrected chi connectivity index (χ2v) is 6.55. The number of hydrogen-bond acceptors (Lipinski definition) is 6. The van der Waals surface area contributed by atoms with Gasteiger partial charge in [-0.2, -0.15) is 0 Å². The molecule has 0 saturated carbocycles. The van der Waals surface area contributed by atoms with Crippen molar-refractivity contribution < 1.29 is 24.4 Å². The molecule has 2 aliphatic heterocycles. The SMILES string of the molecule is CC(O)C1(C)C=C(C(=O)OCc2ccc([N+](=O)[O-])cc2)N2C(=O)C[C@H]21. The number of β-lactam (4-membered cyclic amide) rings is 1. The van der Waals surface area contributed by atoms with Crippen molar-refractivity contribution in [2.45, 2.75) is 39.0 Å². The number of hydrogen-bond donors (Lipinski definition) is 1. The van der Waals surface area contributed by atoms with Gasteiger partial charge in [0.2, 0.25) is 5.91 Å². The molecule has 0 aliphatic carbocycles. The highest BCUT2D eigenvalue weighted by atomic mass is 16.6. The Morgan fingerprint density at radius 1 is 1.48 bits per heavy atom. The number of carbonyl (C=O) groups excluding carboxylic acids is 2. The quantitative estimate of drug-likeness (QED) is 0.375. The van der Waals surface area contributed by atoms with Crippen LogP contribution in [0.2, 0.25) is 0 Å². The predicted molar refractivity (Wildman–Crippen MR) is 86.0 cm³/mol. The highest BCUT2D eigenvalue weighted by Gasteiger charge is 2.57. The first-order valence-electron chi connectivity index (χ1n) is 7.87. The van der Waals surface area contributed by atoms with Crippen molar-refractivity contribution in [3.8, 4) is 0 Å². The molecule has 25 heavy (non-hydrogen) atoms. The molecule has 3 atom stereocenters. The number of nitro benzene ring substituents is 1. The third-order valence-electron chi connectivity index (χ3n) is 5.00. The van der Waals surface area contributed by atoms with Gasteiger partial charge in [0.1, 0.15) is 12.3 Å². The van der Waals surface area contributed by atoms with E-state index in [0.29, 0.717) is 5.56 Å². The van der Waals surface area contributed by atoms with E-state index in [9.17, 15) is 24.8 Å². The molecule has 1 amide bonds. The molecule has 132 valence electrons. The minimum absolute atomic E-state index is 0.0460. The summed E-state index contributed by atoms with van der Waals surface area (Å²) in [4.78, 5) is 35.7. The standard InChI is InChI=1S/C17H18N2O6/c1-10(20)17(2)8-13(18-14(17)7-15(18)21)16(22)25-9-11-3-5-12(6-4-11)19(23)24/h3-6,8,10,14,20H,7,9H2,1-2H3/t10?,14-,17?/m0/s1. The van der Waals surface area contributed by atoms with E-state index in [1.54, 1.807) is 19.9 Å². The fourth-order valence-corrected chi connectivity index (χ4v) is 3.17. The minimum Gasteiger partial charge on any atom is -0.456 e. The summed E-state index contributed by atoms with van der Waals surface area (Å²) in [6.07, 6.45) is 1.18. The van der Waals surface area contributed by atoms with Crippen LogP contribution < -0.4 is 0 Å². The Hall–Kier alpha value is -2.74. The van der Waals surface area contributed by atoms with Gasteiger partial charge in [-0.15, -0.1) is 0 Å². The van der Waals surface area contributed by atoms with Gasteiger partial charge in [0.25, 0.3) is 5.69 Å². The fraction of sp³-hybridized carbons (Fsp3) is 0.412. The molecule has 2 unspecified atom stereocenters. The lowest BCUT2D eigenvalue weighted by Crippen LogP contribution is -2.57. The molecule has 8 heteroatoms. The maximum Gasteiger partial charge on any atom is 0.355 e. The molecule has 0 bridgehead atoms. The first-order chi connectivity index (χ1) is 11.7. The Kier molecular flexibility index (Phi) is 4.08. The van der Waals surface area contributed by atoms with Crippen LogP contribution in [0.1, 0.15) is 25.8 Å². The summed E-state index contributed by atoms with van der Waals surface area (Å²) in [6.45, 7) is 3.37. The Morgan fingerprint density at radius 2 is 2.12 bits per heavy atom. The van der Waals surface area contributed by atoms with Crippen LogP contribution in [0.3, 0.4) is 0 Å². The molecule has 0 aromatic heterocycles. The van der Waals surface area contributed by atoms with Gasteiger partial charge < -0.3 is 14.7 Å². The first kappa shape index (κ1) is 17.1. The van der Waals surface area contributed by atoms with Crippen molar-refractivity contribution in [3.05, 3.63) is 51.7 Å². The summed E-state index contributed by atoms with van der Waals surface area (Å²) >= 11 is 0. The summed E-state index contributed by atoms with van der Waals surface area (Å²) in [7, 11) is 0. The van der Waals surface area contributed by atoms with E-state index in [1.807, 2.05) is 0 Å². The topological polar surface area (TPSA) is 110 Å². The molecule has 3 rings (SSSR count). The number of carbonyl (C=O) groups is 2. The number of ether oxygens (including phenoxy) is 1. The lowest BCUT2D eigenvalue weighted by Gasteiger charge is -2.44. The van der Waals surface area contributed by atoms with E-state index in [1.165, 1.54) is 29.2 Å². The number of rotatable bonds is 5. The number of benzene rings is 1. The maximum atomic E-state index is 12.4. The highest BCUT2D eigenvalue weighted by molar-refractivity contribution is 5.98. The van der Waals surface area contributed by atoms with Crippen molar-refractivity contribution in [2.24, 2.45) is 5.41 Å². The van der Waals surface area contributed by atoms with Crippen LogP contribution in [-0.4, -0.2) is 39.0 Å². The smallest absolute Gasteiger partial charge is 0.355 e. The molecule has 0 radical (unpaired) electrons. The number of non-ortho nitro benzene ring substituents is 1. The van der Waals surface area contributed by atoms with Crippen molar-refractivity contribution in [3.63, 3.8) is 0 Å². The molecule has 2 heterocycles. The van der Waals surface area contributed by atoms with Gasteiger partial charge in [-0.05, 0) is 30.7 Å². The molecule has 1 aromatic rings. The lowest BCUT2D eigenvalue weighted by molar-refractivity contribution is -0.384. The number of nitrogens with zero attached hydrogens (tertiary/aromatic N) is 2. The number of aliphatic hydroxyl groups is 1. The van der Waals surface area contributed by atoms with Gasteiger partial charge in [0.15, 0.2) is 0 Å².